The first-order chi connectivity index (χ1) is 8.17. The average molecular weight is 229 g/mol. The van der Waals surface area contributed by atoms with Gasteiger partial charge in [0.05, 0.1) is 11.0 Å². The number of imidazole rings is 1. The number of anilines is 1. The van der Waals surface area contributed by atoms with Gasteiger partial charge < -0.3 is 9.88 Å². The highest BCUT2D eigenvalue weighted by molar-refractivity contribution is 5.85. The predicted molar refractivity (Wildman–Crippen MR) is 69.7 cm³/mol. The summed E-state index contributed by atoms with van der Waals surface area (Å²) in [5.74, 6) is 0.950. The Labute approximate surface area is 100.0 Å². The van der Waals surface area contributed by atoms with Gasteiger partial charge in [0.15, 0.2) is 0 Å². The van der Waals surface area contributed by atoms with Crippen LogP contribution >= 0.6 is 0 Å². The molecule has 2 aromatic rings. The van der Waals surface area contributed by atoms with Crippen molar-refractivity contribution in [3.05, 3.63) is 30.1 Å². The Morgan fingerprint density at radius 2 is 2.24 bits per heavy atom. The molecule has 17 heavy (non-hydrogen) atoms. The molecule has 0 aliphatic carbocycles. The molecule has 1 heterocycles. The predicted octanol–water partition coefficient (Wildman–Crippen LogP) is 2.56. The molecule has 4 nitrogen and oxygen atoms in total. The maximum atomic E-state index is 10.4. The van der Waals surface area contributed by atoms with Crippen LogP contribution < -0.4 is 5.32 Å². The molecule has 0 spiro atoms. The number of nitrogens with zero attached hydrogens (tertiary/aromatic N) is 2. The van der Waals surface area contributed by atoms with E-state index >= 15 is 0 Å². The number of rotatable bonds is 3. The number of nitrogens with one attached hydrogen (secondary N) is 1. The first-order valence-corrected chi connectivity index (χ1v) is 5.47. The van der Waals surface area contributed by atoms with Crippen LogP contribution in [-0.4, -0.2) is 16.0 Å². The van der Waals surface area contributed by atoms with E-state index in [1.54, 1.807) is 0 Å². The van der Waals surface area contributed by atoms with Gasteiger partial charge in [-0.15, -0.1) is 0 Å². The van der Waals surface area contributed by atoms with Gasteiger partial charge >= 0.3 is 0 Å². The summed E-state index contributed by atoms with van der Waals surface area (Å²) < 4.78 is 2.05. The summed E-state index contributed by atoms with van der Waals surface area (Å²) in [6, 6.07) is 5.70. The minimum absolute atomic E-state index is 0.669. The van der Waals surface area contributed by atoms with Crippen molar-refractivity contribution in [3.63, 3.8) is 0 Å². The second kappa shape index (κ2) is 4.41. The Kier molecular flexibility index (Phi) is 2.95. The van der Waals surface area contributed by atoms with E-state index in [1.807, 2.05) is 45.2 Å². The van der Waals surface area contributed by atoms with Crippen LogP contribution in [-0.2, 0) is 11.8 Å². The summed E-state index contributed by atoms with van der Waals surface area (Å²) in [5.41, 5.74) is 3.83. The zero-order valence-electron chi connectivity index (χ0n) is 10.2. The molecule has 1 aromatic carbocycles. The molecular weight excluding hydrogens is 214 g/mol. The molecule has 1 aromatic heterocycles. The lowest BCUT2D eigenvalue weighted by Gasteiger charge is -2.01. The van der Waals surface area contributed by atoms with Gasteiger partial charge in [-0.25, -0.2) is 4.98 Å². The lowest BCUT2D eigenvalue weighted by atomic mass is 10.3. The highest BCUT2D eigenvalue weighted by Gasteiger charge is 2.08. The summed E-state index contributed by atoms with van der Waals surface area (Å²) in [7, 11) is 1.99. The third-order valence-electron chi connectivity index (χ3n) is 2.89. The first-order valence-electron chi connectivity index (χ1n) is 5.47. The number of hydrogen-bond donors (Lipinski definition) is 1. The summed E-state index contributed by atoms with van der Waals surface area (Å²) >= 11 is 0. The van der Waals surface area contributed by atoms with Crippen molar-refractivity contribution in [1.82, 2.24) is 9.55 Å². The molecule has 1 amide bonds. The number of allylic oxidation sites excluding steroid dienone is 2. The number of fused-ring (bicyclic) bond motifs is 1. The van der Waals surface area contributed by atoms with Crippen LogP contribution in [0.1, 0.15) is 19.7 Å². The Bertz CT molecular complexity index is 596. The second-order valence-corrected chi connectivity index (χ2v) is 3.93. The number of benzene rings is 1. The summed E-state index contributed by atoms with van der Waals surface area (Å²) in [4.78, 5) is 15.0. The van der Waals surface area contributed by atoms with Crippen LogP contribution in [0.25, 0.3) is 16.6 Å². The Morgan fingerprint density at radius 3 is 2.88 bits per heavy atom. The summed E-state index contributed by atoms with van der Waals surface area (Å²) in [6.45, 7) is 4.03. The summed E-state index contributed by atoms with van der Waals surface area (Å²) in [6.07, 6.45) is 2.70. The molecule has 0 atom stereocenters. The number of amides is 1. The van der Waals surface area contributed by atoms with E-state index in [9.17, 15) is 4.79 Å². The van der Waals surface area contributed by atoms with Gasteiger partial charge in [0, 0.05) is 12.7 Å². The fraction of sp³-hybridized carbons (Fsp3) is 0.231. The van der Waals surface area contributed by atoms with E-state index in [-0.39, 0.29) is 0 Å². The van der Waals surface area contributed by atoms with Crippen molar-refractivity contribution in [1.29, 1.82) is 0 Å². The molecule has 2 rings (SSSR count). The van der Waals surface area contributed by atoms with Crippen LogP contribution in [0, 0.1) is 0 Å². The maximum absolute atomic E-state index is 10.4. The molecule has 0 aliphatic heterocycles. The smallest absolute Gasteiger partial charge is 0.211 e. The van der Waals surface area contributed by atoms with Crippen LogP contribution in [0.15, 0.2) is 24.3 Å². The Hall–Kier alpha value is -2.10. The van der Waals surface area contributed by atoms with Crippen LogP contribution in [0.4, 0.5) is 5.69 Å². The molecule has 0 fully saturated rings. The number of hydrogen-bond acceptors (Lipinski definition) is 2. The third kappa shape index (κ3) is 1.93. The van der Waals surface area contributed by atoms with Crippen molar-refractivity contribution >= 4 is 28.7 Å². The number of aromatic nitrogens is 2. The molecule has 0 saturated carbocycles. The SMILES string of the molecule is C/C=C(\C)c1nc2cc(NC=O)ccc2n1C. The van der Waals surface area contributed by atoms with Crippen LogP contribution in [0.2, 0.25) is 0 Å². The molecule has 0 saturated heterocycles. The standard InChI is InChI=1S/C13H15N3O/c1-4-9(2)13-15-11-7-10(14-8-17)5-6-12(11)16(13)3/h4-8H,1-3H3,(H,14,17)/b9-4+. The Morgan fingerprint density at radius 1 is 1.47 bits per heavy atom. The third-order valence-corrected chi connectivity index (χ3v) is 2.89. The van der Waals surface area contributed by atoms with Gasteiger partial charge in [0.1, 0.15) is 5.82 Å². The highest BCUT2D eigenvalue weighted by atomic mass is 16.1. The minimum Gasteiger partial charge on any atom is -0.329 e. The van der Waals surface area contributed by atoms with E-state index < -0.39 is 0 Å². The first kappa shape index (κ1) is 11.4. The van der Waals surface area contributed by atoms with Crippen molar-refractivity contribution < 1.29 is 4.79 Å². The summed E-state index contributed by atoms with van der Waals surface area (Å²) in [5, 5.41) is 2.63. The van der Waals surface area contributed by atoms with Crippen molar-refractivity contribution in [3.8, 4) is 0 Å². The molecule has 0 aliphatic rings. The quantitative estimate of drug-likeness (QED) is 0.822. The lowest BCUT2D eigenvalue weighted by Crippen LogP contribution is -1.95. The molecule has 1 N–H and O–H groups in total. The van der Waals surface area contributed by atoms with Crippen molar-refractivity contribution in [2.45, 2.75) is 13.8 Å². The lowest BCUT2D eigenvalue weighted by molar-refractivity contribution is -0.105. The number of carbonyl (C=O) groups excluding carboxylic acids is 1. The monoisotopic (exact) mass is 229 g/mol. The highest BCUT2D eigenvalue weighted by Crippen LogP contribution is 2.22. The number of carbonyl (C=O) groups is 1. The molecule has 0 radical (unpaired) electrons. The van der Waals surface area contributed by atoms with Gasteiger partial charge in [-0.05, 0) is 37.6 Å². The average Bonchev–Trinajstić information content (AvgIpc) is 2.66. The molecular formula is C13H15N3O. The van der Waals surface area contributed by atoms with Gasteiger partial charge in [-0.2, -0.15) is 0 Å². The molecule has 0 unspecified atom stereocenters. The van der Waals surface area contributed by atoms with E-state index in [0.717, 1.165) is 28.1 Å². The zero-order valence-corrected chi connectivity index (χ0v) is 10.2. The zero-order chi connectivity index (χ0) is 12.4. The van der Waals surface area contributed by atoms with E-state index in [0.29, 0.717) is 6.41 Å². The van der Waals surface area contributed by atoms with Crippen molar-refractivity contribution in [2.75, 3.05) is 5.32 Å². The van der Waals surface area contributed by atoms with Crippen LogP contribution in [0.5, 0.6) is 0 Å². The van der Waals surface area contributed by atoms with Gasteiger partial charge in [0.25, 0.3) is 0 Å². The number of aryl methyl sites for hydroxylation is 1. The van der Waals surface area contributed by atoms with E-state index in [4.69, 9.17) is 0 Å². The Balaban J connectivity index is 2.61. The largest absolute Gasteiger partial charge is 0.329 e. The second-order valence-electron chi connectivity index (χ2n) is 3.93. The molecule has 4 heteroatoms. The maximum Gasteiger partial charge on any atom is 0.211 e. The van der Waals surface area contributed by atoms with Gasteiger partial charge in [0.2, 0.25) is 6.41 Å². The minimum atomic E-state index is 0.669. The van der Waals surface area contributed by atoms with Gasteiger partial charge in [-0.1, -0.05) is 6.08 Å². The van der Waals surface area contributed by atoms with Gasteiger partial charge in [-0.3, -0.25) is 4.79 Å². The van der Waals surface area contributed by atoms with Crippen molar-refractivity contribution in [2.24, 2.45) is 7.05 Å². The van der Waals surface area contributed by atoms with Crippen LogP contribution in [0.3, 0.4) is 0 Å². The topological polar surface area (TPSA) is 46.9 Å². The fourth-order valence-corrected chi connectivity index (χ4v) is 1.84. The molecule has 0 bridgehead atoms. The normalized spacial score (nSPS) is 11.8. The fourth-order valence-electron chi connectivity index (χ4n) is 1.84. The van der Waals surface area contributed by atoms with E-state index in [2.05, 4.69) is 14.9 Å². The van der Waals surface area contributed by atoms with E-state index in [1.165, 1.54) is 0 Å². The molecule has 88 valence electrons.